The molecule has 1 amide bonds. The predicted molar refractivity (Wildman–Crippen MR) is 102 cm³/mol. The minimum atomic E-state index is -0.309. The van der Waals surface area contributed by atoms with E-state index in [-0.39, 0.29) is 19.1 Å². The lowest BCUT2D eigenvalue weighted by Gasteiger charge is -2.11. The van der Waals surface area contributed by atoms with E-state index in [0.29, 0.717) is 39.3 Å². The number of aliphatic hydroxyl groups excluding tert-OH is 1. The predicted octanol–water partition coefficient (Wildman–Crippen LogP) is 4.12. The van der Waals surface area contributed by atoms with Crippen LogP contribution in [0.1, 0.15) is 5.76 Å². The van der Waals surface area contributed by atoms with Gasteiger partial charge in [-0.15, -0.1) is 0 Å². The standard InChI is InChI=1S/C20H18ClNO5/c1-25-18-8-4-14(10-17(18)19-9-7-16(11-23)27-19)22-20(24)12-26-15-5-2-13(21)3-6-15/h2-10,23H,11-12H2,1H3,(H,22,24). The number of halogens is 1. The fraction of sp³-hybridized carbons (Fsp3) is 0.150. The number of carbonyl (C=O) groups excluding carboxylic acids is 1. The summed E-state index contributed by atoms with van der Waals surface area (Å²) in [4.78, 5) is 12.2. The van der Waals surface area contributed by atoms with Gasteiger partial charge in [-0.1, -0.05) is 11.6 Å². The molecule has 0 radical (unpaired) electrons. The Morgan fingerprint density at radius 2 is 1.93 bits per heavy atom. The van der Waals surface area contributed by atoms with Gasteiger partial charge in [0.25, 0.3) is 5.91 Å². The first-order valence-electron chi connectivity index (χ1n) is 8.15. The Morgan fingerprint density at radius 3 is 2.59 bits per heavy atom. The molecule has 0 saturated heterocycles. The number of methoxy groups -OCH3 is 1. The number of furan rings is 1. The molecule has 0 atom stereocenters. The van der Waals surface area contributed by atoms with Gasteiger partial charge in [0, 0.05) is 10.7 Å². The zero-order valence-electron chi connectivity index (χ0n) is 14.6. The highest BCUT2D eigenvalue weighted by atomic mass is 35.5. The van der Waals surface area contributed by atoms with E-state index < -0.39 is 0 Å². The number of hydrogen-bond acceptors (Lipinski definition) is 5. The summed E-state index contributed by atoms with van der Waals surface area (Å²) in [6.07, 6.45) is 0. The van der Waals surface area contributed by atoms with Crippen LogP contribution in [0.15, 0.2) is 59.0 Å². The summed E-state index contributed by atoms with van der Waals surface area (Å²) in [6.45, 7) is -0.334. The van der Waals surface area contributed by atoms with Gasteiger partial charge in [0.05, 0.1) is 12.7 Å². The molecule has 0 fully saturated rings. The van der Waals surface area contributed by atoms with E-state index >= 15 is 0 Å². The molecule has 27 heavy (non-hydrogen) atoms. The molecule has 0 aliphatic rings. The summed E-state index contributed by atoms with van der Waals surface area (Å²) in [5.74, 6) is 1.81. The minimum Gasteiger partial charge on any atom is -0.496 e. The van der Waals surface area contributed by atoms with Crippen molar-refractivity contribution in [3.63, 3.8) is 0 Å². The van der Waals surface area contributed by atoms with Crippen LogP contribution in [-0.4, -0.2) is 24.7 Å². The molecule has 7 heteroatoms. The molecule has 0 spiro atoms. The molecule has 3 rings (SSSR count). The topological polar surface area (TPSA) is 80.9 Å². The number of nitrogens with one attached hydrogen (secondary N) is 1. The summed E-state index contributed by atoms with van der Waals surface area (Å²) in [6, 6.07) is 15.4. The van der Waals surface area contributed by atoms with Gasteiger partial charge in [-0.2, -0.15) is 0 Å². The highest BCUT2D eigenvalue weighted by Crippen LogP contribution is 2.33. The van der Waals surface area contributed by atoms with Crippen molar-refractivity contribution in [3.8, 4) is 22.8 Å². The van der Waals surface area contributed by atoms with Crippen LogP contribution in [0.5, 0.6) is 11.5 Å². The van der Waals surface area contributed by atoms with Crippen molar-refractivity contribution in [1.82, 2.24) is 0 Å². The molecular formula is C20H18ClNO5. The SMILES string of the molecule is COc1ccc(NC(=O)COc2ccc(Cl)cc2)cc1-c1ccc(CO)o1. The van der Waals surface area contributed by atoms with Crippen molar-refractivity contribution in [2.75, 3.05) is 19.0 Å². The second-order valence-corrected chi connectivity index (χ2v) is 6.07. The average molecular weight is 388 g/mol. The Morgan fingerprint density at radius 1 is 1.15 bits per heavy atom. The molecule has 6 nitrogen and oxygen atoms in total. The number of benzene rings is 2. The van der Waals surface area contributed by atoms with Crippen LogP contribution in [0.25, 0.3) is 11.3 Å². The molecule has 0 bridgehead atoms. The first-order valence-corrected chi connectivity index (χ1v) is 8.53. The number of anilines is 1. The van der Waals surface area contributed by atoms with E-state index in [0.717, 1.165) is 0 Å². The molecular weight excluding hydrogens is 370 g/mol. The zero-order valence-corrected chi connectivity index (χ0v) is 15.3. The third-order valence-corrected chi connectivity index (χ3v) is 4.00. The second-order valence-electron chi connectivity index (χ2n) is 5.63. The maximum Gasteiger partial charge on any atom is 0.262 e. The van der Waals surface area contributed by atoms with Crippen LogP contribution >= 0.6 is 11.6 Å². The third kappa shape index (κ3) is 4.81. The van der Waals surface area contributed by atoms with Gasteiger partial charge in [-0.05, 0) is 54.6 Å². The van der Waals surface area contributed by atoms with Crippen LogP contribution in [0, 0.1) is 0 Å². The fourth-order valence-electron chi connectivity index (χ4n) is 2.46. The lowest BCUT2D eigenvalue weighted by Crippen LogP contribution is -2.20. The molecule has 0 aliphatic heterocycles. The van der Waals surface area contributed by atoms with Crippen LogP contribution in [-0.2, 0) is 11.4 Å². The van der Waals surface area contributed by atoms with Crippen molar-refractivity contribution in [2.24, 2.45) is 0 Å². The molecule has 1 heterocycles. The lowest BCUT2D eigenvalue weighted by molar-refractivity contribution is -0.118. The van der Waals surface area contributed by atoms with E-state index in [1.807, 2.05) is 0 Å². The van der Waals surface area contributed by atoms with E-state index in [1.54, 1.807) is 61.7 Å². The highest BCUT2D eigenvalue weighted by Gasteiger charge is 2.13. The Balaban J connectivity index is 1.70. The van der Waals surface area contributed by atoms with Crippen LogP contribution in [0.4, 0.5) is 5.69 Å². The number of ether oxygens (including phenoxy) is 2. The van der Waals surface area contributed by atoms with Crippen LogP contribution < -0.4 is 14.8 Å². The van der Waals surface area contributed by atoms with Crippen LogP contribution in [0.3, 0.4) is 0 Å². The van der Waals surface area contributed by atoms with Gasteiger partial charge in [-0.3, -0.25) is 4.79 Å². The van der Waals surface area contributed by atoms with Gasteiger partial charge >= 0.3 is 0 Å². The molecule has 1 aromatic heterocycles. The smallest absolute Gasteiger partial charge is 0.262 e. The van der Waals surface area contributed by atoms with Crippen molar-refractivity contribution in [2.45, 2.75) is 6.61 Å². The van der Waals surface area contributed by atoms with Crippen molar-refractivity contribution in [3.05, 3.63) is 65.4 Å². The quantitative estimate of drug-likeness (QED) is 0.637. The van der Waals surface area contributed by atoms with E-state index in [1.165, 1.54) is 0 Å². The van der Waals surface area contributed by atoms with Crippen molar-refractivity contribution < 1.29 is 23.8 Å². The summed E-state index contributed by atoms with van der Waals surface area (Å²) in [5, 5.41) is 12.5. The highest BCUT2D eigenvalue weighted by molar-refractivity contribution is 6.30. The van der Waals surface area contributed by atoms with Gasteiger partial charge in [0.2, 0.25) is 0 Å². The third-order valence-electron chi connectivity index (χ3n) is 3.75. The van der Waals surface area contributed by atoms with Gasteiger partial charge in [-0.25, -0.2) is 0 Å². The second kappa shape index (κ2) is 8.62. The first-order chi connectivity index (χ1) is 13.1. The van der Waals surface area contributed by atoms with Crippen molar-refractivity contribution in [1.29, 1.82) is 0 Å². The fourth-order valence-corrected chi connectivity index (χ4v) is 2.59. The number of rotatable bonds is 7. The Labute approximate surface area is 161 Å². The summed E-state index contributed by atoms with van der Waals surface area (Å²) < 4.78 is 16.3. The maximum absolute atomic E-state index is 12.2. The van der Waals surface area contributed by atoms with E-state index in [2.05, 4.69) is 5.32 Å². The van der Waals surface area contributed by atoms with Gasteiger partial charge in [0.1, 0.15) is 29.6 Å². The number of hydrogen-bond donors (Lipinski definition) is 2. The number of aliphatic hydroxyl groups is 1. The average Bonchev–Trinajstić information content (AvgIpc) is 3.16. The summed E-state index contributed by atoms with van der Waals surface area (Å²) in [5.41, 5.74) is 1.23. The van der Waals surface area contributed by atoms with Crippen LogP contribution in [0.2, 0.25) is 5.02 Å². The number of amides is 1. The summed E-state index contributed by atoms with van der Waals surface area (Å²) in [7, 11) is 1.55. The van der Waals surface area contributed by atoms with E-state index in [9.17, 15) is 4.79 Å². The molecule has 0 saturated carbocycles. The zero-order chi connectivity index (χ0) is 19.2. The van der Waals surface area contributed by atoms with Crippen molar-refractivity contribution >= 4 is 23.2 Å². The van der Waals surface area contributed by atoms with Gasteiger partial charge in [0.15, 0.2) is 6.61 Å². The number of carbonyl (C=O) groups is 1. The Kier molecular flexibility index (Phi) is 6.01. The summed E-state index contributed by atoms with van der Waals surface area (Å²) >= 11 is 5.82. The first kappa shape index (κ1) is 18.8. The Bertz CT molecular complexity index is 920. The Hall–Kier alpha value is -2.96. The van der Waals surface area contributed by atoms with Gasteiger partial charge < -0.3 is 24.3 Å². The lowest BCUT2D eigenvalue weighted by atomic mass is 10.1. The largest absolute Gasteiger partial charge is 0.496 e. The molecule has 0 unspecified atom stereocenters. The molecule has 140 valence electrons. The monoisotopic (exact) mass is 387 g/mol. The normalized spacial score (nSPS) is 10.5. The molecule has 0 aliphatic carbocycles. The molecule has 2 aromatic carbocycles. The minimum absolute atomic E-state index is 0.140. The maximum atomic E-state index is 12.2. The van der Waals surface area contributed by atoms with E-state index in [4.69, 9.17) is 30.6 Å². The molecule has 3 aromatic rings. The molecule has 2 N–H and O–H groups in total.